The van der Waals surface area contributed by atoms with Crippen LogP contribution in [0.1, 0.15) is 64.7 Å². The Balaban J connectivity index is 1.71. The lowest BCUT2D eigenvalue weighted by Crippen LogP contribution is -2.37. The van der Waals surface area contributed by atoms with Crippen molar-refractivity contribution in [2.45, 2.75) is 82.9 Å². The van der Waals surface area contributed by atoms with Gasteiger partial charge in [-0.2, -0.15) is 0 Å². The topological polar surface area (TPSA) is 79.2 Å². The number of nitrogens with zero attached hydrogens (tertiary/aromatic N) is 2. The minimum absolute atomic E-state index is 0.0721. The first-order valence-electron chi connectivity index (χ1n) is 9.79. The number of aliphatic hydroxyl groups excluding tert-OH is 1. The average molecular weight is 385 g/mol. The minimum atomic E-state index is -0.317. The molecule has 0 aromatic rings. The summed E-state index contributed by atoms with van der Waals surface area (Å²) in [6.45, 7) is 2.78. The molecule has 0 aromatic carbocycles. The van der Waals surface area contributed by atoms with Gasteiger partial charge in [-0.1, -0.05) is 26.2 Å². The van der Waals surface area contributed by atoms with Gasteiger partial charge in [0, 0.05) is 19.4 Å². The highest BCUT2D eigenvalue weighted by Gasteiger charge is 2.43. The lowest BCUT2D eigenvalue weighted by Gasteiger charge is -2.24. The van der Waals surface area contributed by atoms with Gasteiger partial charge in [-0.15, -0.1) is 11.8 Å². The Hall–Kier alpha value is -1.08. The van der Waals surface area contributed by atoms with Crippen LogP contribution in [0, 0.1) is 0 Å². The molecule has 0 aromatic heterocycles. The van der Waals surface area contributed by atoms with E-state index in [1.807, 2.05) is 4.90 Å². The second kappa shape index (κ2) is 10.9. The molecule has 148 valence electrons. The molecule has 3 unspecified atom stereocenters. The molecule has 0 radical (unpaired) electrons. The van der Waals surface area contributed by atoms with Crippen molar-refractivity contribution in [3.05, 3.63) is 0 Å². The number of unbranched alkanes of at least 4 members (excludes halogenated alkanes) is 2. The summed E-state index contributed by atoms with van der Waals surface area (Å²) in [5.74, 6) is 0.835. The molecule has 6 nitrogen and oxygen atoms in total. The van der Waals surface area contributed by atoms with Crippen LogP contribution in [0.5, 0.6) is 0 Å². The summed E-state index contributed by atoms with van der Waals surface area (Å²) in [6.07, 6.45) is 7.02. The van der Waals surface area contributed by atoms with Gasteiger partial charge >= 0.3 is 5.97 Å². The zero-order chi connectivity index (χ0) is 18.9. The number of carbonyl (C=O) groups is 2. The standard InChI is InChI=1S/C19H32N2O4S/c1-3-4-5-7-14(22)9-10-21-16-13-17(20-15(16)12-18(21)23)26-11-6-8-19(24)25-2/h14-16,22H,3-13H2,1-2H3. The number of rotatable bonds is 11. The van der Waals surface area contributed by atoms with Crippen LogP contribution in [-0.2, 0) is 14.3 Å². The number of hydrogen-bond donors (Lipinski definition) is 1. The lowest BCUT2D eigenvalue weighted by atomic mass is 10.1. The summed E-state index contributed by atoms with van der Waals surface area (Å²) in [6, 6.07) is 0.233. The molecule has 2 aliphatic heterocycles. The average Bonchev–Trinajstić information content (AvgIpc) is 3.13. The predicted octanol–water partition coefficient (Wildman–Crippen LogP) is 2.78. The van der Waals surface area contributed by atoms with Crippen molar-refractivity contribution in [2.75, 3.05) is 19.4 Å². The van der Waals surface area contributed by atoms with Crippen LogP contribution < -0.4 is 0 Å². The van der Waals surface area contributed by atoms with Crippen LogP contribution >= 0.6 is 11.8 Å². The van der Waals surface area contributed by atoms with Crippen LogP contribution in [0.4, 0.5) is 0 Å². The highest BCUT2D eigenvalue weighted by atomic mass is 32.2. The maximum absolute atomic E-state index is 12.3. The van der Waals surface area contributed by atoms with Gasteiger partial charge in [-0.25, -0.2) is 0 Å². The Morgan fingerprint density at radius 2 is 2.15 bits per heavy atom. The first-order chi connectivity index (χ1) is 12.5. The van der Waals surface area contributed by atoms with Crippen molar-refractivity contribution >= 4 is 28.7 Å². The summed E-state index contributed by atoms with van der Waals surface area (Å²) in [5, 5.41) is 11.2. The van der Waals surface area contributed by atoms with E-state index >= 15 is 0 Å². The van der Waals surface area contributed by atoms with Gasteiger partial charge in [-0.3, -0.25) is 14.6 Å². The molecule has 2 aliphatic rings. The molecule has 1 fully saturated rings. The Morgan fingerprint density at radius 3 is 2.88 bits per heavy atom. The molecule has 2 rings (SSSR count). The highest BCUT2D eigenvalue weighted by molar-refractivity contribution is 8.13. The fraction of sp³-hybridized carbons (Fsp3) is 0.842. The third kappa shape index (κ3) is 6.27. The molecule has 1 amide bonds. The molecule has 1 N–H and O–H groups in total. The zero-order valence-corrected chi connectivity index (χ0v) is 16.8. The zero-order valence-electron chi connectivity index (χ0n) is 16.0. The van der Waals surface area contributed by atoms with Crippen molar-refractivity contribution in [1.82, 2.24) is 4.90 Å². The predicted molar refractivity (Wildman–Crippen MR) is 104 cm³/mol. The number of carbonyl (C=O) groups excluding carboxylic acids is 2. The number of hydrogen-bond acceptors (Lipinski definition) is 6. The van der Waals surface area contributed by atoms with E-state index in [2.05, 4.69) is 11.7 Å². The van der Waals surface area contributed by atoms with E-state index in [1.54, 1.807) is 11.8 Å². The van der Waals surface area contributed by atoms with Crippen LogP contribution in [0.2, 0.25) is 0 Å². The lowest BCUT2D eigenvalue weighted by molar-refractivity contribution is -0.140. The van der Waals surface area contributed by atoms with E-state index in [9.17, 15) is 14.7 Å². The maximum atomic E-state index is 12.3. The number of fused-ring (bicyclic) bond motifs is 1. The van der Waals surface area contributed by atoms with Gasteiger partial charge in [0.15, 0.2) is 0 Å². The third-order valence-electron chi connectivity index (χ3n) is 5.11. The largest absolute Gasteiger partial charge is 0.469 e. The first-order valence-corrected chi connectivity index (χ1v) is 10.8. The first kappa shape index (κ1) is 21.2. The number of likely N-dealkylation sites (tertiary alicyclic amines) is 1. The van der Waals surface area contributed by atoms with E-state index in [4.69, 9.17) is 4.99 Å². The van der Waals surface area contributed by atoms with Crippen LogP contribution in [0.15, 0.2) is 4.99 Å². The van der Waals surface area contributed by atoms with Gasteiger partial charge in [0.05, 0.1) is 36.8 Å². The van der Waals surface area contributed by atoms with Crippen LogP contribution in [-0.4, -0.2) is 64.5 Å². The highest BCUT2D eigenvalue weighted by Crippen LogP contribution is 2.33. The number of esters is 1. The number of thioether (sulfide) groups is 1. The fourth-order valence-electron chi connectivity index (χ4n) is 3.58. The summed E-state index contributed by atoms with van der Waals surface area (Å²) in [4.78, 5) is 30.0. The van der Waals surface area contributed by atoms with Crippen molar-refractivity contribution in [3.8, 4) is 0 Å². The summed E-state index contributed by atoms with van der Waals surface area (Å²) >= 11 is 1.69. The van der Waals surface area contributed by atoms with Gasteiger partial charge in [0.25, 0.3) is 0 Å². The summed E-state index contributed by atoms with van der Waals surface area (Å²) in [7, 11) is 1.41. The number of methoxy groups -OCH3 is 1. The van der Waals surface area contributed by atoms with Crippen molar-refractivity contribution in [2.24, 2.45) is 4.99 Å². The quantitative estimate of drug-likeness (QED) is 0.438. The molecule has 2 heterocycles. The Kier molecular flexibility index (Phi) is 8.91. The number of aliphatic hydroxyl groups is 1. The Labute approximate surface area is 160 Å². The fourth-order valence-corrected chi connectivity index (χ4v) is 4.60. The van der Waals surface area contributed by atoms with Crippen molar-refractivity contribution in [3.63, 3.8) is 0 Å². The van der Waals surface area contributed by atoms with E-state index in [1.165, 1.54) is 7.11 Å². The normalized spacial score (nSPS) is 23.1. The van der Waals surface area contributed by atoms with Gasteiger partial charge in [0.2, 0.25) is 5.91 Å². The van der Waals surface area contributed by atoms with Crippen molar-refractivity contribution < 1.29 is 19.4 Å². The molecule has 0 saturated carbocycles. The third-order valence-corrected chi connectivity index (χ3v) is 6.21. The van der Waals surface area contributed by atoms with Gasteiger partial charge < -0.3 is 14.7 Å². The van der Waals surface area contributed by atoms with E-state index < -0.39 is 0 Å². The van der Waals surface area contributed by atoms with Crippen molar-refractivity contribution in [1.29, 1.82) is 0 Å². The molecular weight excluding hydrogens is 352 g/mol. The van der Waals surface area contributed by atoms with Crippen LogP contribution in [0.25, 0.3) is 0 Å². The second-order valence-electron chi connectivity index (χ2n) is 7.12. The Bertz CT molecular complexity index is 512. The Morgan fingerprint density at radius 1 is 1.35 bits per heavy atom. The summed E-state index contributed by atoms with van der Waals surface area (Å²) in [5.41, 5.74) is 0. The van der Waals surface area contributed by atoms with Gasteiger partial charge in [-0.05, 0) is 25.0 Å². The molecule has 3 atom stereocenters. The van der Waals surface area contributed by atoms with E-state index in [-0.39, 0.29) is 30.1 Å². The number of ether oxygens (including phenoxy) is 1. The molecule has 7 heteroatoms. The van der Waals surface area contributed by atoms with Gasteiger partial charge in [0.1, 0.15) is 0 Å². The summed E-state index contributed by atoms with van der Waals surface area (Å²) < 4.78 is 4.64. The molecule has 26 heavy (non-hydrogen) atoms. The number of amides is 1. The van der Waals surface area contributed by atoms with E-state index in [0.717, 1.165) is 49.3 Å². The molecule has 1 saturated heterocycles. The smallest absolute Gasteiger partial charge is 0.305 e. The monoisotopic (exact) mass is 384 g/mol. The van der Waals surface area contributed by atoms with Crippen LogP contribution in [0.3, 0.4) is 0 Å². The molecule has 0 spiro atoms. The minimum Gasteiger partial charge on any atom is -0.469 e. The molecule has 0 bridgehead atoms. The maximum Gasteiger partial charge on any atom is 0.305 e. The number of aliphatic imine (C=N–C) groups is 1. The van der Waals surface area contributed by atoms with E-state index in [0.29, 0.717) is 25.8 Å². The molecule has 0 aliphatic carbocycles. The SMILES string of the molecule is CCCCCC(O)CCN1C(=O)CC2N=C(SCCCC(=O)OC)CC21. The molecular formula is C19H32N2O4S. The second-order valence-corrected chi connectivity index (χ2v) is 8.29.